The number of sulfonamides is 1. The molecule has 24 heavy (non-hydrogen) atoms. The van der Waals surface area contributed by atoms with Crippen LogP contribution in [0.15, 0.2) is 59.6 Å². The molecular formula is C17H19N3O3S. The van der Waals surface area contributed by atoms with Crippen molar-refractivity contribution in [2.24, 2.45) is 0 Å². The van der Waals surface area contributed by atoms with Crippen LogP contribution in [0.3, 0.4) is 0 Å². The number of nitrogens with one attached hydrogen (secondary N) is 1. The number of pyridine rings is 1. The second kappa shape index (κ2) is 7.11. The van der Waals surface area contributed by atoms with E-state index in [9.17, 15) is 13.2 Å². The predicted octanol–water partition coefficient (Wildman–Crippen LogP) is 2.26. The molecule has 0 saturated carbocycles. The Bertz CT molecular complexity index is 794. The summed E-state index contributed by atoms with van der Waals surface area (Å²) in [4.78, 5) is 16.9. The highest BCUT2D eigenvalue weighted by atomic mass is 32.2. The Labute approximate surface area is 141 Å². The average Bonchev–Trinajstić information content (AvgIpc) is 2.63. The van der Waals surface area contributed by atoms with Crippen molar-refractivity contribution in [3.05, 3.63) is 54.7 Å². The van der Waals surface area contributed by atoms with Gasteiger partial charge in [0.25, 0.3) is 0 Å². The maximum absolute atomic E-state index is 12.9. The first-order valence-corrected chi connectivity index (χ1v) is 9.32. The van der Waals surface area contributed by atoms with Gasteiger partial charge < -0.3 is 5.32 Å². The largest absolute Gasteiger partial charge is 0.309 e. The van der Waals surface area contributed by atoms with Crippen molar-refractivity contribution in [1.82, 2.24) is 9.29 Å². The molecule has 1 saturated heterocycles. The summed E-state index contributed by atoms with van der Waals surface area (Å²) in [6, 6.07) is 12.7. The number of anilines is 1. The Hall–Kier alpha value is -2.25. The van der Waals surface area contributed by atoms with Crippen molar-refractivity contribution < 1.29 is 13.2 Å². The number of carbonyl (C=O) groups excluding carboxylic acids is 1. The standard InChI is InChI=1S/C17H19N3O3S/c21-17(19-16-11-4-6-12-18-16)15-10-5-7-13-20(15)24(22,23)14-8-2-1-3-9-14/h1-4,6,8-9,11-12,15H,5,7,10,13H2,(H,18,19,21). The van der Waals surface area contributed by atoms with Gasteiger partial charge in [-0.15, -0.1) is 0 Å². The van der Waals surface area contributed by atoms with E-state index in [4.69, 9.17) is 0 Å². The van der Waals surface area contributed by atoms with E-state index >= 15 is 0 Å². The summed E-state index contributed by atoms with van der Waals surface area (Å²) in [7, 11) is -3.70. The van der Waals surface area contributed by atoms with Crippen LogP contribution in [0.1, 0.15) is 19.3 Å². The van der Waals surface area contributed by atoms with E-state index in [-0.39, 0.29) is 10.8 Å². The topological polar surface area (TPSA) is 79.4 Å². The van der Waals surface area contributed by atoms with Gasteiger partial charge in [0.2, 0.25) is 15.9 Å². The van der Waals surface area contributed by atoms with Crippen LogP contribution in [0.2, 0.25) is 0 Å². The van der Waals surface area contributed by atoms with E-state index in [0.717, 1.165) is 12.8 Å². The molecule has 1 N–H and O–H groups in total. The molecule has 0 aliphatic carbocycles. The van der Waals surface area contributed by atoms with Crippen LogP contribution in [0.4, 0.5) is 5.82 Å². The minimum Gasteiger partial charge on any atom is -0.309 e. The first-order chi connectivity index (χ1) is 11.6. The van der Waals surface area contributed by atoms with Crippen LogP contribution in [0.25, 0.3) is 0 Å². The molecule has 1 fully saturated rings. The lowest BCUT2D eigenvalue weighted by Gasteiger charge is -2.33. The van der Waals surface area contributed by atoms with Gasteiger partial charge in [0.1, 0.15) is 11.9 Å². The summed E-state index contributed by atoms with van der Waals surface area (Å²) < 4.78 is 27.1. The van der Waals surface area contributed by atoms with E-state index in [1.54, 1.807) is 54.7 Å². The van der Waals surface area contributed by atoms with E-state index in [1.807, 2.05) is 0 Å². The summed E-state index contributed by atoms with van der Waals surface area (Å²) in [6.07, 6.45) is 3.65. The molecule has 1 unspecified atom stereocenters. The van der Waals surface area contributed by atoms with Crippen molar-refractivity contribution in [3.8, 4) is 0 Å². The van der Waals surface area contributed by atoms with Crippen molar-refractivity contribution in [1.29, 1.82) is 0 Å². The van der Waals surface area contributed by atoms with Gasteiger partial charge in [-0.2, -0.15) is 4.31 Å². The van der Waals surface area contributed by atoms with Crippen molar-refractivity contribution in [3.63, 3.8) is 0 Å². The fraction of sp³-hybridized carbons (Fsp3) is 0.294. The number of piperidine rings is 1. The average molecular weight is 345 g/mol. The number of hydrogen-bond donors (Lipinski definition) is 1. The van der Waals surface area contributed by atoms with Gasteiger partial charge in [-0.05, 0) is 37.1 Å². The predicted molar refractivity (Wildman–Crippen MR) is 90.8 cm³/mol. The molecule has 0 spiro atoms. The van der Waals surface area contributed by atoms with Gasteiger partial charge in [-0.25, -0.2) is 13.4 Å². The zero-order valence-corrected chi connectivity index (χ0v) is 13.9. The smallest absolute Gasteiger partial charge is 0.243 e. The zero-order valence-electron chi connectivity index (χ0n) is 13.1. The lowest BCUT2D eigenvalue weighted by Crippen LogP contribution is -2.49. The second-order valence-corrected chi connectivity index (χ2v) is 7.54. The highest BCUT2D eigenvalue weighted by Gasteiger charge is 2.37. The minimum absolute atomic E-state index is 0.211. The first kappa shape index (κ1) is 16.6. The van der Waals surface area contributed by atoms with E-state index in [0.29, 0.717) is 18.8 Å². The lowest BCUT2D eigenvalue weighted by molar-refractivity contribution is -0.120. The molecule has 1 atom stereocenters. The molecule has 6 nitrogen and oxygen atoms in total. The molecule has 7 heteroatoms. The number of hydrogen-bond acceptors (Lipinski definition) is 4. The Morgan fingerprint density at radius 3 is 2.54 bits per heavy atom. The molecule has 2 heterocycles. The third-order valence-corrected chi connectivity index (χ3v) is 5.94. The lowest BCUT2D eigenvalue weighted by atomic mass is 10.0. The van der Waals surface area contributed by atoms with Gasteiger partial charge in [-0.3, -0.25) is 4.79 Å². The van der Waals surface area contributed by atoms with Gasteiger partial charge in [0.15, 0.2) is 0 Å². The molecular weight excluding hydrogens is 326 g/mol. The maximum Gasteiger partial charge on any atom is 0.243 e. The number of benzene rings is 1. The third-order valence-electron chi connectivity index (χ3n) is 4.02. The first-order valence-electron chi connectivity index (χ1n) is 7.88. The number of amides is 1. The molecule has 0 bridgehead atoms. The van der Waals surface area contributed by atoms with Gasteiger partial charge in [-0.1, -0.05) is 30.7 Å². The summed E-state index contributed by atoms with van der Waals surface area (Å²) in [5, 5.41) is 2.71. The number of aromatic nitrogens is 1. The number of nitrogens with zero attached hydrogens (tertiary/aromatic N) is 2. The van der Waals surface area contributed by atoms with Crippen LogP contribution in [0, 0.1) is 0 Å². The van der Waals surface area contributed by atoms with Crippen LogP contribution < -0.4 is 5.32 Å². The van der Waals surface area contributed by atoms with Crippen LogP contribution in [-0.2, 0) is 14.8 Å². The molecule has 1 amide bonds. The van der Waals surface area contributed by atoms with Crippen LogP contribution in [-0.4, -0.2) is 36.2 Å². The molecule has 1 aromatic heterocycles. The fourth-order valence-corrected chi connectivity index (χ4v) is 4.51. The highest BCUT2D eigenvalue weighted by molar-refractivity contribution is 7.89. The Morgan fingerprint density at radius 2 is 1.83 bits per heavy atom. The van der Waals surface area contributed by atoms with E-state index in [1.165, 1.54) is 4.31 Å². The van der Waals surface area contributed by atoms with Crippen molar-refractivity contribution >= 4 is 21.7 Å². The van der Waals surface area contributed by atoms with Crippen LogP contribution >= 0.6 is 0 Å². The SMILES string of the molecule is O=C(Nc1ccccn1)C1CCCCN1S(=O)(=O)c1ccccc1. The Morgan fingerprint density at radius 1 is 1.08 bits per heavy atom. The summed E-state index contributed by atoms with van der Waals surface area (Å²) >= 11 is 0. The van der Waals surface area contributed by atoms with E-state index in [2.05, 4.69) is 10.3 Å². The van der Waals surface area contributed by atoms with Crippen LogP contribution in [0.5, 0.6) is 0 Å². The van der Waals surface area contributed by atoms with Gasteiger partial charge in [0.05, 0.1) is 4.90 Å². The second-order valence-electron chi connectivity index (χ2n) is 5.64. The fourth-order valence-electron chi connectivity index (χ4n) is 2.83. The molecule has 1 aliphatic rings. The minimum atomic E-state index is -3.70. The normalized spacial score (nSPS) is 18.9. The summed E-state index contributed by atoms with van der Waals surface area (Å²) in [6.45, 7) is 0.345. The van der Waals surface area contributed by atoms with Gasteiger partial charge >= 0.3 is 0 Å². The summed E-state index contributed by atoms with van der Waals surface area (Å²) in [5.41, 5.74) is 0. The van der Waals surface area contributed by atoms with Crippen molar-refractivity contribution in [2.75, 3.05) is 11.9 Å². The Balaban J connectivity index is 1.84. The monoisotopic (exact) mass is 345 g/mol. The number of rotatable bonds is 4. The third kappa shape index (κ3) is 3.47. The molecule has 3 rings (SSSR count). The van der Waals surface area contributed by atoms with Crippen molar-refractivity contribution in [2.45, 2.75) is 30.2 Å². The van der Waals surface area contributed by atoms with Gasteiger partial charge in [0, 0.05) is 12.7 Å². The molecule has 1 aliphatic heterocycles. The maximum atomic E-state index is 12.9. The quantitative estimate of drug-likeness (QED) is 0.922. The molecule has 0 radical (unpaired) electrons. The Kier molecular flexibility index (Phi) is 4.92. The number of carbonyl (C=O) groups is 1. The molecule has 126 valence electrons. The van der Waals surface area contributed by atoms with E-state index < -0.39 is 16.1 Å². The highest BCUT2D eigenvalue weighted by Crippen LogP contribution is 2.26. The molecule has 1 aromatic carbocycles. The summed E-state index contributed by atoms with van der Waals surface area (Å²) in [5.74, 6) is 0.0815. The zero-order chi connectivity index (χ0) is 17.0. The molecule has 2 aromatic rings.